The van der Waals surface area contributed by atoms with Crippen molar-refractivity contribution in [1.29, 1.82) is 0 Å². The van der Waals surface area contributed by atoms with Gasteiger partial charge in [0, 0.05) is 32.0 Å². The maximum Gasteiger partial charge on any atom is 0.258 e. The minimum absolute atomic E-state index is 0.120. The number of aliphatic hydroxyl groups is 1. The number of hydrogen-bond donors (Lipinski definition) is 1. The molecule has 3 rings (SSSR count). The third-order valence-electron chi connectivity index (χ3n) is 3.69. The van der Waals surface area contributed by atoms with E-state index in [1.165, 1.54) is 4.40 Å². The van der Waals surface area contributed by atoms with Crippen molar-refractivity contribution >= 4 is 17.2 Å². The SMILES string of the molecule is O=c1cc(CN2CCC(CO)C2)nc2ccc(Cl)cn12. The molecule has 0 aliphatic carbocycles. The molecule has 5 nitrogen and oxygen atoms in total. The molecule has 6 heteroatoms. The molecule has 0 saturated carbocycles. The number of fused-ring (bicyclic) bond motifs is 1. The monoisotopic (exact) mass is 293 g/mol. The molecule has 1 aliphatic heterocycles. The molecular formula is C14H16ClN3O2. The molecule has 2 aromatic rings. The quantitative estimate of drug-likeness (QED) is 0.923. The maximum atomic E-state index is 12.1. The Labute approximate surface area is 121 Å². The van der Waals surface area contributed by atoms with Gasteiger partial charge in [0.15, 0.2) is 0 Å². The van der Waals surface area contributed by atoms with E-state index in [4.69, 9.17) is 16.7 Å². The molecule has 0 amide bonds. The first-order chi connectivity index (χ1) is 9.65. The Morgan fingerprint density at radius 1 is 1.45 bits per heavy atom. The van der Waals surface area contributed by atoms with Crippen LogP contribution in [0.5, 0.6) is 0 Å². The Morgan fingerprint density at radius 3 is 3.05 bits per heavy atom. The highest BCUT2D eigenvalue weighted by atomic mass is 35.5. The first kappa shape index (κ1) is 13.5. The van der Waals surface area contributed by atoms with Gasteiger partial charge in [-0.2, -0.15) is 0 Å². The van der Waals surface area contributed by atoms with Crippen LogP contribution in [0.25, 0.3) is 5.65 Å². The van der Waals surface area contributed by atoms with Gasteiger partial charge in [0.2, 0.25) is 0 Å². The fourth-order valence-electron chi connectivity index (χ4n) is 2.64. The zero-order valence-electron chi connectivity index (χ0n) is 11.0. The van der Waals surface area contributed by atoms with Crippen LogP contribution in [-0.2, 0) is 6.54 Å². The van der Waals surface area contributed by atoms with Gasteiger partial charge < -0.3 is 5.11 Å². The van der Waals surface area contributed by atoms with E-state index in [2.05, 4.69) is 9.88 Å². The molecule has 1 unspecified atom stereocenters. The molecule has 0 radical (unpaired) electrons. The van der Waals surface area contributed by atoms with Crippen molar-refractivity contribution in [3.63, 3.8) is 0 Å². The molecule has 106 valence electrons. The van der Waals surface area contributed by atoms with Gasteiger partial charge in [-0.05, 0) is 31.0 Å². The summed E-state index contributed by atoms with van der Waals surface area (Å²) in [5.41, 5.74) is 1.25. The van der Waals surface area contributed by atoms with Gasteiger partial charge in [0.05, 0.1) is 10.7 Å². The summed E-state index contributed by atoms with van der Waals surface area (Å²) in [6, 6.07) is 5.02. The first-order valence-corrected chi connectivity index (χ1v) is 7.04. The number of nitrogens with zero attached hydrogens (tertiary/aromatic N) is 3. The summed E-state index contributed by atoms with van der Waals surface area (Å²) < 4.78 is 1.45. The lowest BCUT2D eigenvalue weighted by Gasteiger charge is -2.15. The third-order valence-corrected chi connectivity index (χ3v) is 3.91. The standard InChI is InChI=1S/C14H16ClN3O2/c15-11-1-2-13-16-12(5-14(20)18(13)7-11)8-17-4-3-10(6-17)9-19/h1-2,5,7,10,19H,3-4,6,8-9H2. The van der Waals surface area contributed by atoms with E-state index in [1.54, 1.807) is 24.4 Å². The summed E-state index contributed by atoms with van der Waals surface area (Å²) in [5, 5.41) is 9.67. The second-order valence-electron chi connectivity index (χ2n) is 5.23. The van der Waals surface area contributed by atoms with E-state index >= 15 is 0 Å². The summed E-state index contributed by atoms with van der Waals surface area (Å²) in [4.78, 5) is 18.8. The van der Waals surface area contributed by atoms with E-state index in [-0.39, 0.29) is 12.2 Å². The Balaban J connectivity index is 1.86. The van der Waals surface area contributed by atoms with Crippen LogP contribution < -0.4 is 5.56 Å². The maximum absolute atomic E-state index is 12.1. The van der Waals surface area contributed by atoms with Gasteiger partial charge in [-0.1, -0.05) is 11.6 Å². The van der Waals surface area contributed by atoms with Crippen LogP contribution >= 0.6 is 11.6 Å². The Kier molecular flexibility index (Phi) is 3.74. The average Bonchev–Trinajstić information content (AvgIpc) is 2.87. The molecule has 1 atom stereocenters. The second kappa shape index (κ2) is 5.52. The van der Waals surface area contributed by atoms with Crippen LogP contribution in [0.1, 0.15) is 12.1 Å². The molecule has 1 aliphatic rings. The molecule has 1 saturated heterocycles. The van der Waals surface area contributed by atoms with E-state index < -0.39 is 0 Å². The molecular weight excluding hydrogens is 278 g/mol. The normalized spacial score (nSPS) is 19.8. The van der Waals surface area contributed by atoms with Crippen molar-refractivity contribution in [3.8, 4) is 0 Å². The topological polar surface area (TPSA) is 57.8 Å². The Bertz CT molecular complexity index is 686. The largest absolute Gasteiger partial charge is 0.396 e. The third kappa shape index (κ3) is 2.70. The summed E-state index contributed by atoms with van der Waals surface area (Å²) in [5.74, 6) is 0.343. The van der Waals surface area contributed by atoms with Gasteiger partial charge >= 0.3 is 0 Å². The smallest absolute Gasteiger partial charge is 0.258 e. The zero-order valence-corrected chi connectivity index (χ0v) is 11.8. The lowest BCUT2D eigenvalue weighted by atomic mass is 10.1. The lowest BCUT2D eigenvalue weighted by molar-refractivity contribution is 0.219. The van der Waals surface area contributed by atoms with Crippen LogP contribution in [0, 0.1) is 5.92 Å². The number of likely N-dealkylation sites (tertiary alicyclic amines) is 1. The molecule has 2 aromatic heterocycles. The predicted octanol–water partition coefficient (Wildman–Crippen LogP) is 1.16. The predicted molar refractivity (Wildman–Crippen MR) is 76.9 cm³/mol. The van der Waals surface area contributed by atoms with Crippen molar-refractivity contribution in [2.24, 2.45) is 5.92 Å². The minimum atomic E-state index is -0.120. The number of aromatic nitrogens is 2. The summed E-state index contributed by atoms with van der Waals surface area (Å²) in [6.45, 7) is 2.67. The van der Waals surface area contributed by atoms with Crippen molar-refractivity contribution in [1.82, 2.24) is 14.3 Å². The van der Waals surface area contributed by atoms with Gasteiger partial charge in [-0.15, -0.1) is 0 Å². The highest BCUT2D eigenvalue weighted by molar-refractivity contribution is 6.30. The lowest BCUT2D eigenvalue weighted by Crippen LogP contribution is -2.24. The molecule has 0 spiro atoms. The van der Waals surface area contributed by atoms with Crippen LogP contribution in [0.15, 0.2) is 29.2 Å². The number of aliphatic hydroxyl groups excluding tert-OH is 1. The number of pyridine rings is 1. The molecule has 1 N–H and O–H groups in total. The van der Waals surface area contributed by atoms with Gasteiger partial charge in [-0.3, -0.25) is 14.1 Å². The van der Waals surface area contributed by atoms with E-state index in [9.17, 15) is 4.79 Å². The minimum Gasteiger partial charge on any atom is -0.396 e. The fraction of sp³-hybridized carbons (Fsp3) is 0.429. The van der Waals surface area contributed by atoms with Crippen molar-refractivity contribution in [2.45, 2.75) is 13.0 Å². The number of hydrogen-bond acceptors (Lipinski definition) is 4. The van der Waals surface area contributed by atoms with Crippen LogP contribution in [0.3, 0.4) is 0 Å². The molecule has 3 heterocycles. The summed E-state index contributed by atoms with van der Waals surface area (Å²) in [7, 11) is 0. The van der Waals surface area contributed by atoms with Crippen molar-refractivity contribution < 1.29 is 5.11 Å². The highest BCUT2D eigenvalue weighted by Crippen LogP contribution is 2.17. The van der Waals surface area contributed by atoms with Crippen LogP contribution in [0.4, 0.5) is 0 Å². The molecule has 20 heavy (non-hydrogen) atoms. The van der Waals surface area contributed by atoms with E-state index in [0.717, 1.165) is 25.2 Å². The highest BCUT2D eigenvalue weighted by Gasteiger charge is 2.22. The first-order valence-electron chi connectivity index (χ1n) is 6.67. The Morgan fingerprint density at radius 2 is 2.30 bits per heavy atom. The van der Waals surface area contributed by atoms with Crippen LogP contribution in [-0.4, -0.2) is 39.1 Å². The van der Waals surface area contributed by atoms with Crippen molar-refractivity contribution in [2.75, 3.05) is 19.7 Å². The number of rotatable bonds is 3. The summed E-state index contributed by atoms with van der Waals surface area (Å²) >= 11 is 5.88. The number of halogens is 1. The zero-order chi connectivity index (χ0) is 14.1. The molecule has 1 fully saturated rings. The van der Waals surface area contributed by atoms with Gasteiger partial charge in [0.1, 0.15) is 5.65 Å². The van der Waals surface area contributed by atoms with Crippen LogP contribution in [0.2, 0.25) is 5.02 Å². The fourth-order valence-corrected chi connectivity index (χ4v) is 2.80. The van der Waals surface area contributed by atoms with E-state index in [0.29, 0.717) is 23.1 Å². The Hall–Kier alpha value is -1.43. The van der Waals surface area contributed by atoms with Crippen molar-refractivity contribution in [3.05, 3.63) is 45.5 Å². The van der Waals surface area contributed by atoms with E-state index in [1.807, 2.05) is 0 Å². The average molecular weight is 294 g/mol. The second-order valence-corrected chi connectivity index (χ2v) is 5.67. The van der Waals surface area contributed by atoms with Gasteiger partial charge in [0.25, 0.3) is 5.56 Å². The molecule has 0 aromatic carbocycles. The summed E-state index contributed by atoms with van der Waals surface area (Å²) in [6.07, 6.45) is 2.58. The van der Waals surface area contributed by atoms with Gasteiger partial charge in [-0.25, -0.2) is 4.98 Å². The molecule has 0 bridgehead atoms.